The molecule has 0 radical (unpaired) electrons. The number of piperazine rings is 1. The normalized spacial score (nSPS) is 29.7. The number of rotatable bonds is 1. The molecule has 3 aliphatic heterocycles. The van der Waals surface area contributed by atoms with Gasteiger partial charge in [-0.3, -0.25) is 9.59 Å². The van der Waals surface area contributed by atoms with E-state index >= 15 is 0 Å². The Morgan fingerprint density at radius 2 is 2.10 bits per heavy atom. The molecule has 0 bridgehead atoms. The van der Waals surface area contributed by atoms with E-state index in [2.05, 4.69) is 4.98 Å². The van der Waals surface area contributed by atoms with Gasteiger partial charge in [0.15, 0.2) is 11.5 Å². The van der Waals surface area contributed by atoms with Crippen molar-refractivity contribution in [1.82, 2.24) is 14.8 Å². The minimum absolute atomic E-state index is 0.0285. The van der Waals surface area contributed by atoms with E-state index in [-0.39, 0.29) is 53.0 Å². The number of likely N-dealkylation sites (N-methyl/N-ethyl adjacent to an activating group) is 1. The molecule has 7 heteroatoms. The molecule has 0 saturated carbocycles. The van der Waals surface area contributed by atoms with Crippen molar-refractivity contribution in [3.8, 4) is 11.5 Å². The molecule has 29 heavy (non-hydrogen) atoms. The Kier molecular flexibility index (Phi) is 2.05. The zero-order valence-corrected chi connectivity index (χ0v) is 15.0. The number of carbonyl (C=O) groups is 2. The number of aromatic nitrogens is 1. The number of hydrogen-bond donors (Lipinski definition) is 1. The summed E-state index contributed by atoms with van der Waals surface area (Å²) in [6.07, 6.45) is -0.236. The molecule has 6 rings (SSSR count). The molecule has 2 amide bonds. The van der Waals surface area contributed by atoms with Crippen molar-refractivity contribution in [2.75, 3.05) is 20.3 Å². The number of aromatic amines is 1. The second kappa shape index (κ2) is 5.76. The quantitative estimate of drug-likeness (QED) is 0.683. The number of carbonyl (C=O) groups excluding carboxylic acids is 2. The van der Waals surface area contributed by atoms with Gasteiger partial charge in [0.1, 0.15) is 6.04 Å². The Hall–Kier alpha value is -3.48. The zero-order valence-electron chi connectivity index (χ0n) is 23.0. The smallest absolute Gasteiger partial charge is 0.245 e. The molecule has 1 saturated heterocycles. The highest BCUT2D eigenvalue weighted by Gasteiger charge is 2.47. The molecule has 1 fully saturated rings. The number of nitrogens with one attached hydrogen (secondary N) is 1. The van der Waals surface area contributed by atoms with Crippen LogP contribution in [0, 0.1) is 0 Å². The number of amides is 2. The SMILES string of the molecule is [2H]c1c([2H])c([2H])c2c3c([nH]c2c1[2H])[C@@]([2H])(c1ccc2c(c1)OCO2)N1C(=O)CN(C([2H])([2H])[2H])C(=O)[C@H]1C3. The summed E-state index contributed by atoms with van der Waals surface area (Å²) in [6, 6.07) is -0.624. The molecule has 1 aromatic heterocycles. The van der Waals surface area contributed by atoms with Gasteiger partial charge in [0.2, 0.25) is 18.6 Å². The molecule has 3 aromatic rings. The van der Waals surface area contributed by atoms with Crippen molar-refractivity contribution >= 4 is 22.7 Å². The van der Waals surface area contributed by atoms with Gasteiger partial charge in [-0.25, -0.2) is 0 Å². The van der Waals surface area contributed by atoms with Crippen LogP contribution in [-0.4, -0.2) is 53.0 Å². The number of benzene rings is 2. The maximum Gasteiger partial charge on any atom is 0.245 e. The lowest BCUT2D eigenvalue weighted by Crippen LogP contribution is -2.62. The fourth-order valence-electron chi connectivity index (χ4n) is 4.22. The van der Waals surface area contributed by atoms with Crippen molar-refractivity contribution in [2.45, 2.75) is 18.5 Å². The van der Waals surface area contributed by atoms with E-state index < -0.39 is 49.5 Å². The number of nitrogens with zero attached hydrogens (tertiary/aromatic N) is 2. The zero-order chi connectivity index (χ0) is 26.6. The van der Waals surface area contributed by atoms with Crippen LogP contribution in [0.15, 0.2) is 42.4 Å². The third-order valence-corrected chi connectivity index (χ3v) is 5.49. The average Bonchev–Trinajstić information content (AvgIpc) is 3.47. The van der Waals surface area contributed by atoms with Crippen LogP contribution in [0.3, 0.4) is 0 Å². The molecule has 0 aliphatic carbocycles. The highest BCUT2D eigenvalue weighted by atomic mass is 16.7. The highest BCUT2D eigenvalue weighted by molar-refractivity contribution is 5.97. The lowest BCUT2D eigenvalue weighted by atomic mass is 9.86. The average molecular weight is 397 g/mol. The maximum atomic E-state index is 13.5. The molecule has 7 nitrogen and oxygen atoms in total. The third kappa shape index (κ3) is 2.24. The summed E-state index contributed by atoms with van der Waals surface area (Å²) in [5, 5.41) is 0.0873. The van der Waals surface area contributed by atoms with Crippen molar-refractivity contribution in [2.24, 2.45) is 0 Å². The van der Waals surface area contributed by atoms with Crippen LogP contribution in [0.1, 0.15) is 33.8 Å². The fourth-order valence-corrected chi connectivity index (χ4v) is 4.22. The number of fused-ring (bicyclic) bond motifs is 5. The van der Waals surface area contributed by atoms with E-state index in [1.165, 1.54) is 12.1 Å². The minimum Gasteiger partial charge on any atom is -0.454 e. The standard InChI is InChI=1S/C22H19N3O4/c1-24-10-19(26)25-16(22(24)27)9-14-13-4-2-3-5-15(13)23-20(14)21(25)12-6-7-17-18(8-12)29-11-28-17/h2-8,16,21,23H,9-11H2,1H3/t16-,21-/m1/s1/i1D3,2D,3D,4D,5D,21D. The summed E-state index contributed by atoms with van der Waals surface area (Å²) in [6.45, 7) is -3.68. The topological polar surface area (TPSA) is 74.9 Å². The van der Waals surface area contributed by atoms with E-state index in [9.17, 15) is 11.0 Å². The fraction of sp³-hybridized carbons (Fsp3) is 0.273. The number of para-hydroxylation sites is 1. The Morgan fingerprint density at radius 3 is 3.00 bits per heavy atom. The van der Waals surface area contributed by atoms with Gasteiger partial charge in [0.05, 0.1) is 19.4 Å². The Bertz CT molecular complexity index is 1540. The molecule has 3 aliphatic rings. The van der Waals surface area contributed by atoms with Crippen molar-refractivity contribution in [3.63, 3.8) is 0 Å². The van der Waals surface area contributed by atoms with Crippen LogP contribution in [0.2, 0.25) is 0 Å². The summed E-state index contributed by atoms with van der Waals surface area (Å²) in [5.41, 5.74) is 0.561. The molecule has 0 unspecified atom stereocenters. The molecule has 1 N–H and O–H groups in total. The molecule has 2 atom stereocenters. The first kappa shape index (κ1) is 10.3. The van der Waals surface area contributed by atoms with Gasteiger partial charge < -0.3 is 24.3 Å². The number of hydrogen-bond acceptors (Lipinski definition) is 4. The Morgan fingerprint density at radius 1 is 1.24 bits per heavy atom. The van der Waals surface area contributed by atoms with Crippen molar-refractivity contribution < 1.29 is 30.0 Å². The Labute approximate surface area is 178 Å². The van der Waals surface area contributed by atoms with Crippen LogP contribution in [0.25, 0.3) is 10.9 Å². The van der Waals surface area contributed by atoms with Crippen molar-refractivity contribution in [3.05, 3.63) is 59.2 Å². The first-order valence-electron chi connectivity index (χ1n) is 13.0. The molecule has 0 spiro atoms. The first-order chi connectivity index (χ1) is 17.4. The highest BCUT2D eigenvalue weighted by Crippen LogP contribution is 2.44. The van der Waals surface area contributed by atoms with E-state index in [0.29, 0.717) is 16.4 Å². The molecule has 4 heterocycles. The lowest BCUT2D eigenvalue weighted by Gasteiger charge is -2.46. The van der Waals surface area contributed by atoms with E-state index in [1.54, 1.807) is 6.07 Å². The molecular formula is C22H19N3O4. The van der Waals surface area contributed by atoms with Crippen LogP contribution in [-0.2, 0) is 16.0 Å². The summed E-state index contributed by atoms with van der Waals surface area (Å²) in [5.74, 6) is -0.908. The van der Waals surface area contributed by atoms with Gasteiger partial charge in [0.25, 0.3) is 0 Å². The second-order valence-corrected chi connectivity index (χ2v) is 7.05. The van der Waals surface area contributed by atoms with Gasteiger partial charge in [0, 0.05) is 34.1 Å². The summed E-state index contributed by atoms with van der Waals surface area (Å²) >= 11 is 0. The number of ether oxygens (including phenoxy) is 2. The molecule has 146 valence electrons. The molecular weight excluding hydrogens is 370 g/mol. The van der Waals surface area contributed by atoms with Crippen LogP contribution in [0.5, 0.6) is 11.5 Å². The second-order valence-electron chi connectivity index (χ2n) is 7.05. The van der Waals surface area contributed by atoms with Gasteiger partial charge in [-0.2, -0.15) is 0 Å². The lowest BCUT2D eigenvalue weighted by molar-refractivity contribution is -0.157. The van der Waals surface area contributed by atoms with E-state index in [4.69, 9.17) is 19.1 Å². The van der Waals surface area contributed by atoms with Crippen LogP contribution in [0.4, 0.5) is 0 Å². The summed E-state index contributed by atoms with van der Waals surface area (Å²) in [7, 11) is 0. The predicted molar refractivity (Wildman–Crippen MR) is 105 cm³/mol. The van der Waals surface area contributed by atoms with Crippen molar-refractivity contribution in [1.29, 1.82) is 0 Å². The monoisotopic (exact) mass is 397 g/mol. The van der Waals surface area contributed by atoms with Gasteiger partial charge >= 0.3 is 0 Å². The predicted octanol–water partition coefficient (Wildman–Crippen LogP) is 2.21. The van der Waals surface area contributed by atoms with E-state index in [0.717, 1.165) is 4.90 Å². The summed E-state index contributed by atoms with van der Waals surface area (Å²) in [4.78, 5) is 31.5. The van der Waals surface area contributed by atoms with Crippen LogP contribution < -0.4 is 9.47 Å². The number of H-pyrrole nitrogens is 1. The van der Waals surface area contributed by atoms with Gasteiger partial charge in [-0.05, 0) is 29.3 Å². The van der Waals surface area contributed by atoms with E-state index in [1.807, 2.05) is 0 Å². The summed E-state index contributed by atoms with van der Waals surface area (Å²) < 4.78 is 76.8. The minimum atomic E-state index is -2.88. The third-order valence-electron chi connectivity index (χ3n) is 5.49. The maximum absolute atomic E-state index is 13.5. The Balaban J connectivity index is 1.67. The molecule has 2 aromatic carbocycles. The largest absolute Gasteiger partial charge is 0.454 e. The van der Waals surface area contributed by atoms with Gasteiger partial charge in [-0.1, -0.05) is 24.2 Å². The van der Waals surface area contributed by atoms with Gasteiger partial charge in [-0.15, -0.1) is 0 Å². The van der Waals surface area contributed by atoms with Crippen LogP contribution >= 0.6 is 0 Å². The first-order valence-corrected chi connectivity index (χ1v) is 9.00.